The molecule has 0 atom stereocenters. The molecule has 7 heteroatoms. The number of nitrogens with one attached hydrogen (secondary N) is 2. The highest BCUT2D eigenvalue weighted by Gasteiger charge is 2.38. The lowest BCUT2D eigenvalue weighted by Crippen LogP contribution is -2.42. The zero-order valence-corrected chi connectivity index (χ0v) is 14.3. The second-order valence-electron chi connectivity index (χ2n) is 6.48. The summed E-state index contributed by atoms with van der Waals surface area (Å²) in [6.07, 6.45) is 6.54. The number of pyridine rings is 1. The molecule has 1 aliphatic rings. The zero-order chi connectivity index (χ0) is 17.4. The summed E-state index contributed by atoms with van der Waals surface area (Å²) in [6, 6.07) is 7.19. The maximum Gasteiger partial charge on any atom is 0.257 e. The van der Waals surface area contributed by atoms with Crippen LogP contribution in [0.15, 0.2) is 36.7 Å². The number of carbonyl (C=O) groups excluding carboxylic acids is 1. The van der Waals surface area contributed by atoms with Crippen LogP contribution in [0.2, 0.25) is 5.02 Å². The average Bonchev–Trinajstić information content (AvgIpc) is 3.08. The van der Waals surface area contributed by atoms with E-state index in [9.17, 15) is 4.79 Å². The molecule has 0 unspecified atom stereocenters. The van der Waals surface area contributed by atoms with Crippen LogP contribution in [-0.2, 0) is 5.41 Å². The zero-order valence-electron chi connectivity index (χ0n) is 13.6. The quantitative estimate of drug-likeness (QED) is 0.669. The number of nitrogens with two attached hydrogens (primary N) is 1. The van der Waals surface area contributed by atoms with E-state index in [1.807, 2.05) is 6.07 Å². The highest BCUT2D eigenvalue weighted by Crippen LogP contribution is 2.41. The molecule has 4 N–H and O–H groups in total. The first kappa shape index (κ1) is 16.1. The third kappa shape index (κ3) is 2.67. The van der Waals surface area contributed by atoms with Gasteiger partial charge >= 0.3 is 0 Å². The van der Waals surface area contributed by atoms with Crippen LogP contribution < -0.4 is 11.1 Å². The van der Waals surface area contributed by atoms with Crippen molar-refractivity contribution < 1.29 is 4.79 Å². The van der Waals surface area contributed by atoms with Crippen molar-refractivity contribution in [2.24, 2.45) is 5.73 Å². The maximum absolute atomic E-state index is 12.5. The second kappa shape index (κ2) is 6.13. The normalized spacial score (nSPS) is 15.8. The fourth-order valence-corrected chi connectivity index (χ4v) is 3.52. The van der Waals surface area contributed by atoms with Crippen LogP contribution in [-0.4, -0.2) is 27.6 Å². The monoisotopic (exact) mass is 355 g/mol. The second-order valence-corrected chi connectivity index (χ2v) is 6.89. The van der Waals surface area contributed by atoms with Crippen molar-refractivity contribution in [3.63, 3.8) is 0 Å². The van der Waals surface area contributed by atoms with Gasteiger partial charge in [0.15, 0.2) is 0 Å². The Morgan fingerprint density at radius 2 is 2.12 bits per heavy atom. The van der Waals surface area contributed by atoms with Gasteiger partial charge in [-0.3, -0.25) is 14.9 Å². The van der Waals surface area contributed by atoms with Crippen LogP contribution in [0, 0.1) is 0 Å². The first-order valence-electron chi connectivity index (χ1n) is 8.22. The summed E-state index contributed by atoms with van der Waals surface area (Å²) in [5, 5.41) is 11.1. The minimum absolute atomic E-state index is 0.00668. The molecule has 0 bridgehead atoms. The SMILES string of the molecule is NCC1(c2ccc(C(=O)Nc3ccc(Cl)c4cn[nH]c34)cn2)CCC1. The van der Waals surface area contributed by atoms with E-state index in [2.05, 4.69) is 20.5 Å². The molecular weight excluding hydrogens is 338 g/mol. The molecule has 1 saturated carbocycles. The van der Waals surface area contributed by atoms with Crippen LogP contribution in [0.3, 0.4) is 0 Å². The van der Waals surface area contributed by atoms with E-state index >= 15 is 0 Å². The number of hydrogen-bond acceptors (Lipinski definition) is 4. The molecule has 1 amide bonds. The number of H-pyrrole nitrogens is 1. The topological polar surface area (TPSA) is 96.7 Å². The maximum atomic E-state index is 12.5. The summed E-state index contributed by atoms with van der Waals surface area (Å²) in [5.74, 6) is -0.229. The molecule has 0 radical (unpaired) electrons. The smallest absolute Gasteiger partial charge is 0.257 e. The van der Waals surface area contributed by atoms with Crippen molar-refractivity contribution in [2.45, 2.75) is 24.7 Å². The highest BCUT2D eigenvalue weighted by atomic mass is 35.5. The molecule has 1 aliphatic carbocycles. The number of anilines is 1. The number of carbonyl (C=O) groups is 1. The number of nitrogens with zero attached hydrogens (tertiary/aromatic N) is 2. The number of halogens is 1. The lowest BCUT2D eigenvalue weighted by Gasteiger charge is -2.40. The molecule has 2 heterocycles. The molecular formula is C18H18ClN5O. The van der Waals surface area contributed by atoms with Crippen LogP contribution in [0.1, 0.15) is 35.3 Å². The van der Waals surface area contributed by atoms with E-state index in [0.29, 0.717) is 28.3 Å². The highest BCUT2D eigenvalue weighted by molar-refractivity contribution is 6.36. The van der Waals surface area contributed by atoms with Crippen LogP contribution in [0.25, 0.3) is 10.9 Å². The molecule has 128 valence electrons. The van der Waals surface area contributed by atoms with Crippen molar-refractivity contribution in [3.05, 3.63) is 52.9 Å². The summed E-state index contributed by atoms with van der Waals surface area (Å²) in [4.78, 5) is 17.0. The molecule has 25 heavy (non-hydrogen) atoms. The Balaban J connectivity index is 1.57. The van der Waals surface area contributed by atoms with Gasteiger partial charge in [0.25, 0.3) is 5.91 Å². The third-order valence-electron chi connectivity index (χ3n) is 5.08. The van der Waals surface area contributed by atoms with E-state index < -0.39 is 0 Å². The Morgan fingerprint density at radius 1 is 1.28 bits per heavy atom. The van der Waals surface area contributed by atoms with Gasteiger partial charge in [0, 0.05) is 29.2 Å². The van der Waals surface area contributed by atoms with E-state index in [-0.39, 0.29) is 11.3 Å². The van der Waals surface area contributed by atoms with Gasteiger partial charge < -0.3 is 11.1 Å². The number of aromatic amines is 1. The van der Waals surface area contributed by atoms with Crippen molar-refractivity contribution in [1.82, 2.24) is 15.2 Å². The number of amides is 1. The Labute approximate surface area is 149 Å². The molecule has 0 saturated heterocycles. The first-order chi connectivity index (χ1) is 12.1. The van der Waals surface area contributed by atoms with Crippen LogP contribution in [0.4, 0.5) is 5.69 Å². The van der Waals surface area contributed by atoms with Gasteiger partial charge in [-0.2, -0.15) is 5.10 Å². The van der Waals surface area contributed by atoms with Gasteiger partial charge in [-0.15, -0.1) is 0 Å². The summed E-state index contributed by atoms with van der Waals surface area (Å²) >= 11 is 6.12. The first-order valence-corrected chi connectivity index (χ1v) is 8.60. The Hall–Kier alpha value is -2.44. The lowest BCUT2D eigenvalue weighted by atomic mass is 9.66. The Bertz CT molecular complexity index is 925. The molecule has 0 aliphatic heterocycles. The van der Waals surface area contributed by atoms with Crippen LogP contribution in [0.5, 0.6) is 0 Å². The van der Waals surface area contributed by atoms with E-state index in [1.54, 1.807) is 30.6 Å². The summed E-state index contributed by atoms with van der Waals surface area (Å²) in [7, 11) is 0. The molecule has 6 nitrogen and oxygen atoms in total. The van der Waals surface area contributed by atoms with Crippen LogP contribution >= 0.6 is 11.6 Å². The summed E-state index contributed by atoms with van der Waals surface area (Å²) < 4.78 is 0. The number of aromatic nitrogens is 3. The molecule has 1 fully saturated rings. The molecule has 4 rings (SSSR count). The summed E-state index contributed by atoms with van der Waals surface area (Å²) in [6.45, 7) is 0.591. The third-order valence-corrected chi connectivity index (χ3v) is 5.41. The average molecular weight is 356 g/mol. The lowest BCUT2D eigenvalue weighted by molar-refractivity contribution is 0.102. The van der Waals surface area contributed by atoms with Gasteiger partial charge in [0.2, 0.25) is 0 Å². The van der Waals surface area contributed by atoms with Gasteiger partial charge in [0.05, 0.1) is 28.0 Å². The largest absolute Gasteiger partial charge is 0.330 e. The molecule has 2 aromatic heterocycles. The van der Waals surface area contributed by atoms with E-state index in [0.717, 1.165) is 23.9 Å². The molecule has 1 aromatic carbocycles. The number of rotatable bonds is 4. The molecule has 0 spiro atoms. The fourth-order valence-electron chi connectivity index (χ4n) is 3.31. The number of benzene rings is 1. The van der Waals surface area contributed by atoms with Gasteiger partial charge in [0.1, 0.15) is 0 Å². The van der Waals surface area contributed by atoms with E-state index in [1.165, 1.54) is 6.42 Å². The minimum atomic E-state index is -0.229. The standard InChI is InChI=1S/C18H18ClN5O/c19-13-3-4-14(16-12(13)9-22-24-16)23-17(25)11-2-5-15(21-8-11)18(10-20)6-1-7-18/h2-5,8-9H,1,6-7,10,20H2,(H,22,24)(H,23,25). The van der Waals surface area contributed by atoms with Gasteiger partial charge in [-0.1, -0.05) is 18.0 Å². The van der Waals surface area contributed by atoms with Gasteiger partial charge in [-0.05, 0) is 37.1 Å². The van der Waals surface area contributed by atoms with Crippen molar-refractivity contribution >= 4 is 34.1 Å². The van der Waals surface area contributed by atoms with Gasteiger partial charge in [-0.25, -0.2) is 0 Å². The number of hydrogen-bond donors (Lipinski definition) is 3. The van der Waals surface area contributed by atoms with Crippen molar-refractivity contribution in [3.8, 4) is 0 Å². The minimum Gasteiger partial charge on any atom is -0.330 e. The molecule has 3 aromatic rings. The van der Waals surface area contributed by atoms with Crippen molar-refractivity contribution in [1.29, 1.82) is 0 Å². The summed E-state index contributed by atoms with van der Waals surface area (Å²) in [5.41, 5.74) is 8.70. The predicted molar refractivity (Wildman–Crippen MR) is 97.9 cm³/mol. The Morgan fingerprint density at radius 3 is 2.76 bits per heavy atom. The van der Waals surface area contributed by atoms with E-state index in [4.69, 9.17) is 17.3 Å². The fraction of sp³-hybridized carbons (Fsp3) is 0.278. The number of fused-ring (bicyclic) bond motifs is 1. The Kier molecular flexibility index (Phi) is 3.94. The predicted octanol–water partition coefficient (Wildman–Crippen LogP) is 3.24. The van der Waals surface area contributed by atoms with Crippen molar-refractivity contribution in [2.75, 3.05) is 11.9 Å².